The number of rotatable bonds is 6. The van der Waals surface area contributed by atoms with Crippen LogP contribution in [0.3, 0.4) is 0 Å². The van der Waals surface area contributed by atoms with Gasteiger partial charge in [0.15, 0.2) is 0 Å². The van der Waals surface area contributed by atoms with Crippen LogP contribution in [0.2, 0.25) is 0 Å². The number of ether oxygens (including phenoxy) is 2. The third-order valence-corrected chi connectivity index (χ3v) is 5.96. The van der Waals surface area contributed by atoms with Crippen molar-refractivity contribution >= 4 is 40.3 Å². The van der Waals surface area contributed by atoms with Gasteiger partial charge in [-0.3, -0.25) is 9.59 Å². The molecule has 1 aliphatic rings. The summed E-state index contributed by atoms with van der Waals surface area (Å²) in [7, 11) is 1.52. The molecular weight excluding hydrogens is 418 g/mol. The lowest BCUT2D eigenvalue weighted by molar-refractivity contribution is -0.149. The number of anilines is 1. The Bertz CT molecular complexity index is 1200. The van der Waals surface area contributed by atoms with Crippen molar-refractivity contribution in [3.8, 4) is 5.75 Å². The first-order valence-corrected chi connectivity index (χ1v) is 10.9. The molecule has 31 heavy (non-hydrogen) atoms. The zero-order valence-electron chi connectivity index (χ0n) is 17.1. The van der Waals surface area contributed by atoms with E-state index >= 15 is 0 Å². The minimum absolute atomic E-state index is 0.0834. The summed E-state index contributed by atoms with van der Waals surface area (Å²) in [6.07, 6.45) is 2.06. The summed E-state index contributed by atoms with van der Waals surface area (Å²) in [6, 6.07) is 14.1. The average molecular weight is 439 g/mol. The van der Waals surface area contributed by atoms with Crippen LogP contribution in [-0.2, 0) is 20.9 Å². The highest BCUT2D eigenvalue weighted by Gasteiger charge is 2.36. The SMILES string of the molecule is COc1ccc2c(COC(=O)C3CC(=O)N(c4cccc(SC)c4)C3)cc(=O)oc2c1. The van der Waals surface area contributed by atoms with Crippen molar-refractivity contribution in [3.63, 3.8) is 0 Å². The molecule has 0 radical (unpaired) electrons. The molecule has 3 aromatic rings. The van der Waals surface area contributed by atoms with Gasteiger partial charge in [0.25, 0.3) is 0 Å². The van der Waals surface area contributed by atoms with Crippen molar-refractivity contribution in [2.24, 2.45) is 5.92 Å². The normalized spacial score (nSPS) is 16.0. The summed E-state index contributed by atoms with van der Waals surface area (Å²) in [5, 5.41) is 0.659. The van der Waals surface area contributed by atoms with Crippen molar-refractivity contribution in [2.45, 2.75) is 17.9 Å². The van der Waals surface area contributed by atoms with E-state index in [2.05, 4.69) is 0 Å². The summed E-state index contributed by atoms with van der Waals surface area (Å²) < 4.78 is 15.8. The van der Waals surface area contributed by atoms with Gasteiger partial charge in [-0.2, -0.15) is 0 Å². The number of thioether (sulfide) groups is 1. The summed E-state index contributed by atoms with van der Waals surface area (Å²) in [5.41, 5.74) is 1.13. The molecule has 7 nitrogen and oxygen atoms in total. The fourth-order valence-electron chi connectivity index (χ4n) is 3.62. The van der Waals surface area contributed by atoms with Crippen LogP contribution in [0.1, 0.15) is 12.0 Å². The van der Waals surface area contributed by atoms with E-state index in [4.69, 9.17) is 13.9 Å². The van der Waals surface area contributed by atoms with E-state index in [9.17, 15) is 14.4 Å². The fourth-order valence-corrected chi connectivity index (χ4v) is 4.07. The number of benzene rings is 2. The molecule has 1 aromatic heterocycles. The van der Waals surface area contributed by atoms with Gasteiger partial charge in [-0.05, 0) is 36.6 Å². The van der Waals surface area contributed by atoms with E-state index in [1.807, 2.05) is 30.5 Å². The van der Waals surface area contributed by atoms with Crippen LogP contribution in [0, 0.1) is 5.92 Å². The molecular formula is C23H21NO6S. The van der Waals surface area contributed by atoms with Crippen LogP contribution in [0.5, 0.6) is 5.75 Å². The van der Waals surface area contributed by atoms with Crippen LogP contribution in [0.4, 0.5) is 5.69 Å². The second-order valence-corrected chi connectivity index (χ2v) is 8.05. The molecule has 2 heterocycles. The zero-order valence-corrected chi connectivity index (χ0v) is 17.9. The molecule has 8 heteroatoms. The van der Waals surface area contributed by atoms with Gasteiger partial charge >= 0.3 is 11.6 Å². The quantitative estimate of drug-likeness (QED) is 0.329. The van der Waals surface area contributed by atoms with Gasteiger partial charge in [-0.15, -0.1) is 11.8 Å². The Morgan fingerprint density at radius 1 is 1.19 bits per heavy atom. The Labute approximate surface area is 182 Å². The molecule has 4 rings (SSSR count). The number of amides is 1. The minimum atomic E-state index is -0.558. The first kappa shape index (κ1) is 21.0. The molecule has 0 aliphatic carbocycles. The van der Waals surface area contributed by atoms with E-state index in [-0.39, 0.29) is 25.5 Å². The van der Waals surface area contributed by atoms with Gasteiger partial charge in [0.05, 0.1) is 13.0 Å². The first-order chi connectivity index (χ1) is 15.0. The lowest BCUT2D eigenvalue weighted by Gasteiger charge is -2.17. The number of fused-ring (bicyclic) bond motifs is 1. The molecule has 1 unspecified atom stereocenters. The van der Waals surface area contributed by atoms with Crippen LogP contribution < -0.4 is 15.3 Å². The van der Waals surface area contributed by atoms with Gasteiger partial charge in [-0.1, -0.05) is 6.07 Å². The molecule has 1 fully saturated rings. The molecule has 1 atom stereocenters. The lowest BCUT2D eigenvalue weighted by atomic mass is 10.1. The highest BCUT2D eigenvalue weighted by molar-refractivity contribution is 7.98. The largest absolute Gasteiger partial charge is 0.497 e. The molecule has 160 valence electrons. The van der Waals surface area contributed by atoms with Crippen LogP contribution in [0.15, 0.2) is 62.6 Å². The Kier molecular flexibility index (Phi) is 5.99. The van der Waals surface area contributed by atoms with E-state index in [0.29, 0.717) is 22.3 Å². The maximum Gasteiger partial charge on any atom is 0.336 e. The highest BCUT2D eigenvalue weighted by atomic mass is 32.2. The third-order valence-electron chi connectivity index (χ3n) is 5.23. The van der Waals surface area contributed by atoms with Crippen molar-refractivity contribution in [3.05, 3.63) is 64.5 Å². The monoisotopic (exact) mass is 439 g/mol. The maximum atomic E-state index is 12.7. The average Bonchev–Trinajstić information content (AvgIpc) is 3.18. The fraction of sp³-hybridized carbons (Fsp3) is 0.261. The van der Waals surface area contributed by atoms with Crippen molar-refractivity contribution in [1.29, 1.82) is 0 Å². The van der Waals surface area contributed by atoms with E-state index in [1.54, 1.807) is 34.9 Å². The predicted octanol–water partition coefficient (Wildman–Crippen LogP) is 3.62. The van der Waals surface area contributed by atoms with Crippen molar-refractivity contribution < 1.29 is 23.5 Å². The summed E-state index contributed by atoms with van der Waals surface area (Å²) >= 11 is 1.59. The predicted molar refractivity (Wildman–Crippen MR) is 118 cm³/mol. The molecule has 1 aliphatic heterocycles. The summed E-state index contributed by atoms with van der Waals surface area (Å²) in [4.78, 5) is 39.7. The number of carbonyl (C=O) groups excluding carboxylic acids is 2. The van der Waals surface area contributed by atoms with Crippen LogP contribution in [-0.4, -0.2) is 31.8 Å². The van der Waals surface area contributed by atoms with E-state index in [1.165, 1.54) is 13.2 Å². The second kappa shape index (κ2) is 8.85. The summed E-state index contributed by atoms with van der Waals surface area (Å²) in [6.45, 7) is 0.185. The smallest absolute Gasteiger partial charge is 0.336 e. The Morgan fingerprint density at radius 3 is 2.81 bits per heavy atom. The molecule has 0 bridgehead atoms. The van der Waals surface area contributed by atoms with Crippen molar-refractivity contribution in [2.75, 3.05) is 24.8 Å². The van der Waals surface area contributed by atoms with Gasteiger partial charge < -0.3 is 18.8 Å². The zero-order chi connectivity index (χ0) is 22.0. The Morgan fingerprint density at radius 2 is 2.03 bits per heavy atom. The number of carbonyl (C=O) groups is 2. The van der Waals surface area contributed by atoms with E-state index in [0.717, 1.165) is 10.6 Å². The number of nitrogens with zero attached hydrogens (tertiary/aromatic N) is 1. The lowest BCUT2D eigenvalue weighted by Crippen LogP contribution is -2.26. The van der Waals surface area contributed by atoms with E-state index < -0.39 is 17.5 Å². The second-order valence-electron chi connectivity index (χ2n) is 7.17. The molecule has 2 aromatic carbocycles. The molecule has 0 spiro atoms. The van der Waals surface area contributed by atoms with Crippen molar-refractivity contribution in [1.82, 2.24) is 0 Å². The standard InChI is InChI=1S/C23H21NO6S/c1-28-17-6-7-19-15(9-22(26)30-20(19)11-17)13-29-23(27)14-8-21(25)24(12-14)16-4-3-5-18(10-16)31-2/h3-7,9-11,14H,8,12-13H2,1-2H3. The molecule has 0 saturated carbocycles. The number of esters is 1. The topological polar surface area (TPSA) is 86.0 Å². The van der Waals surface area contributed by atoms with Gasteiger partial charge in [0.1, 0.15) is 17.9 Å². The number of hydrogen-bond acceptors (Lipinski definition) is 7. The van der Waals surface area contributed by atoms with Gasteiger partial charge in [0.2, 0.25) is 5.91 Å². The summed E-state index contributed by atoms with van der Waals surface area (Å²) in [5.74, 6) is -0.582. The Hall–Kier alpha value is -3.26. The van der Waals surface area contributed by atoms with Crippen LogP contribution in [0.25, 0.3) is 11.0 Å². The highest BCUT2D eigenvalue weighted by Crippen LogP contribution is 2.29. The minimum Gasteiger partial charge on any atom is -0.497 e. The molecule has 1 saturated heterocycles. The first-order valence-electron chi connectivity index (χ1n) is 9.70. The van der Waals surface area contributed by atoms with Gasteiger partial charge in [-0.25, -0.2) is 4.79 Å². The Balaban J connectivity index is 1.47. The molecule has 0 N–H and O–H groups in total. The third kappa shape index (κ3) is 4.44. The number of hydrogen-bond donors (Lipinski definition) is 0. The maximum absolute atomic E-state index is 12.7. The van der Waals surface area contributed by atoms with Gasteiger partial charge in [0, 0.05) is 46.6 Å². The molecule has 1 amide bonds. The number of methoxy groups -OCH3 is 1. The van der Waals surface area contributed by atoms with Crippen LogP contribution >= 0.6 is 11.8 Å².